The van der Waals surface area contributed by atoms with Crippen molar-refractivity contribution in [3.05, 3.63) is 35.6 Å². The van der Waals surface area contributed by atoms with Gasteiger partial charge in [0.1, 0.15) is 5.82 Å². The molecule has 0 bridgehead atoms. The van der Waals surface area contributed by atoms with Gasteiger partial charge in [0, 0.05) is 19.3 Å². The lowest BCUT2D eigenvalue weighted by atomic mass is 9.99. The number of benzene rings is 1. The van der Waals surface area contributed by atoms with Crippen LogP contribution in [-0.4, -0.2) is 25.8 Å². The Bertz CT molecular complexity index is 346. The molecule has 0 radical (unpaired) electrons. The van der Waals surface area contributed by atoms with Crippen LogP contribution in [-0.2, 0) is 11.2 Å². The second-order valence-electron chi connectivity index (χ2n) is 5.20. The van der Waals surface area contributed by atoms with E-state index in [1.165, 1.54) is 17.7 Å². The molecule has 1 fully saturated rings. The van der Waals surface area contributed by atoms with Crippen LogP contribution in [0.1, 0.15) is 25.3 Å². The van der Waals surface area contributed by atoms with Gasteiger partial charge < -0.3 is 10.1 Å². The highest BCUT2D eigenvalue weighted by atomic mass is 19.1. The first-order chi connectivity index (χ1) is 8.74. The Balaban J connectivity index is 1.71. The van der Waals surface area contributed by atoms with Crippen molar-refractivity contribution in [2.24, 2.45) is 5.92 Å². The van der Waals surface area contributed by atoms with Crippen molar-refractivity contribution in [1.29, 1.82) is 0 Å². The van der Waals surface area contributed by atoms with Crippen molar-refractivity contribution in [2.45, 2.75) is 32.2 Å². The van der Waals surface area contributed by atoms with E-state index in [2.05, 4.69) is 12.2 Å². The summed E-state index contributed by atoms with van der Waals surface area (Å²) < 4.78 is 18.1. The smallest absolute Gasteiger partial charge is 0.123 e. The molecule has 1 atom stereocenters. The second-order valence-corrected chi connectivity index (χ2v) is 5.20. The normalized spacial score (nSPS) is 18.8. The molecular weight excluding hydrogens is 229 g/mol. The summed E-state index contributed by atoms with van der Waals surface area (Å²) in [6, 6.07) is 7.21. The maximum absolute atomic E-state index is 12.8. The molecule has 0 aliphatic carbocycles. The van der Waals surface area contributed by atoms with E-state index in [0.717, 1.165) is 44.9 Å². The zero-order valence-electron chi connectivity index (χ0n) is 11.0. The van der Waals surface area contributed by atoms with Gasteiger partial charge in [0.15, 0.2) is 0 Å². The standard InChI is InChI=1S/C15H22FNO/c1-12(10-13-2-4-15(16)5-3-13)17-11-14-6-8-18-9-7-14/h2-5,12,14,17H,6-11H2,1H3. The lowest BCUT2D eigenvalue weighted by molar-refractivity contribution is 0.0656. The molecule has 0 spiro atoms. The molecule has 1 heterocycles. The number of hydrogen-bond acceptors (Lipinski definition) is 2. The molecule has 3 heteroatoms. The molecule has 2 rings (SSSR count). The van der Waals surface area contributed by atoms with Gasteiger partial charge in [0.25, 0.3) is 0 Å². The van der Waals surface area contributed by atoms with Crippen molar-refractivity contribution in [2.75, 3.05) is 19.8 Å². The van der Waals surface area contributed by atoms with Crippen LogP contribution in [0.5, 0.6) is 0 Å². The lowest BCUT2D eigenvalue weighted by Gasteiger charge is -2.24. The minimum absolute atomic E-state index is 0.165. The summed E-state index contributed by atoms with van der Waals surface area (Å²) >= 11 is 0. The van der Waals surface area contributed by atoms with E-state index in [1.54, 1.807) is 0 Å². The van der Waals surface area contributed by atoms with Gasteiger partial charge in [-0.3, -0.25) is 0 Å². The summed E-state index contributed by atoms with van der Waals surface area (Å²) in [6.07, 6.45) is 3.27. The molecule has 1 unspecified atom stereocenters. The van der Waals surface area contributed by atoms with Gasteiger partial charge in [-0.15, -0.1) is 0 Å². The SMILES string of the molecule is CC(Cc1ccc(F)cc1)NCC1CCOCC1. The molecule has 1 aliphatic heterocycles. The van der Waals surface area contributed by atoms with Crippen LogP contribution < -0.4 is 5.32 Å². The van der Waals surface area contributed by atoms with Crippen LogP contribution >= 0.6 is 0 Å². The first kappa shape index (κ1) is 13.5. The summed E-state index contributed by atoms with van der Waals surface area (Å²) in [6.45, 7) is 5.05. The molecule has 2 nitrogen and oxygen atoms in total. The largest absolute Gasteiger partial charge is 0.381 e. The summed E-state index contributed by atoms with van der Waals surface area (Å²) in [5, 5.41) is 3.57. The molecule has 18 heavy (non-hydrogen) atoms. The molecular formula is C15H22FNO. The van der Waals surface area contributed by atoms with Gasteiger partial charge in [0.2, 0.25) is 0 Å². The number of halogens is 1. The Kier molecular flexibility index (Phi) is 5.14. The zero-order chi connectivity index (χ0) is 12.8. The molecule has 1 aromatic rings. The summed E-state index contributed by atoms with van der Waals surface area (Å²) in [5.74, 6) is 0.580. The fourth-order valence-electron chi connectivity index (χ4n) is 2.36. The Morgan fingerprint density at radius 2 is 1.94 bits per heavy atom. The van der Waals surface area contributed by atoms with E-state index in [0.29, 0.717) is 6.04 Å². The van der Waals surface area contributed by atoms with Gasteiger partial charge in [0.05, 0.1) is 0 Å². The maximum Gasteiger partial charge on any atom is 0.123 e. The first-order valence-corrected chi connectivity index (χ1v) is 6.79. The molecule has 1 saturated heterocycles. The van der Waals surface area contributed by atoms with Crippen molar-refractivity contribution in [3.63, 3.8) is 0 Å². The highest BCUT2D eigenvalue weighted by Crippen LogP contribution is 2.14. The third-order valence-electron chi connectivity index (χ3n) is 3.55. The second kappa shape index (κ2) is 6.86. The van der Waals surface area contributed by atoms with E-state index in [9.17, 15) is 4.39 Å². The predicted molar refractivity (Wildman–Crippen MR) is 71.1 cm³/mol. The van der Waals surface area contributed by atoms with Crippen molar-refractivity contribution in [1.82, 2.24) is 5.32 Å². The Morgan fingerprint density at radius 1 is 1.28 bits per heavy atom. The Morgan fingerprint density at radius 3 is 2.61 bits per heavy atom. The monoisotopic (exact) mass is 251 g/mol. The first-order valence-electron chi connectivity index (χ1n) is 6.79. The minimum Gasteiger partial charge on any atom is -0.381 e. The van der Waals surface area contributed by atoms with E-state index in [1.807, 2.05) is 12.1 Å². The van der Waals surface area contributed by atoms with Crippen LogP contribution in [0.15, 0.2) is 24.3 Å². The molecule has 0 aromatic heterocycles. The fourth-order valence-corrected chi connectivity index (χ4v) is 2.36. The Labute approximate surface area is 109 Å². The van der Waals surface area contributed by atoms with E-state index in [-0.39, 0.29) is 5.82 Å². The highest BCUT2D eigenvalue weighted by Gasteiger charge is 2.14. The molecule has 1 aliphatic rings. The van der Waals surface area contributed by atoms with Crippen molar-refractivity contribution in [3.8, 4) is 0 Å². The molecule has 0 amide bonds. The molecule has 1 N–H and O–H groups in total. The zero-order valence-corrected chi connectivity index (χ0v) is 11.0. The highest BCUT2D eigenvalue weighted by molar-refractivity contribution is 5.16. The predicted octanol–water partition coefficient (Wildman–Crippen LogP) is 2.77. The van der Waals surface area contributed by atoms with Crippen molar-refractivity contribution >= 4 is 0 Å². The van der Waals surface area contributed by atoms with Gasteiger partial charge in [-0.1, -0.05) is 12.1 Å². The molecule has 1 aromatic carbocycles. The number of nitrogens with one attached hydrogen (secondary N) is 1. The van der Waals surface area contributed by atoms with Crippen LogP contribution in [0.25, 0.3) is 0 Å². The number of rotatable bonds is 5. The quantitative estimate of drug-likeness (QED) is 0.869. The average molecular weight is 251 g/mol. The minimum atomic E-state index is -0.165. The van der Waals surface area contributed by atoms with E-state index < -0.39 is 0 Å². The molecule has 0 saturated carbocycles. The summed E-state index contributed by atoms with van der Waals surface area (Å²) in [4.78, 5) is 0. The lowest BCUT2D eigenvalue weighted by Crippen LogP contribution is -2.34. The van der Waals surface area contributed by atoms with E-state index >= 15 is 0 Å². The van der Waals surface area contributed by atoms with Gasteiger partial charge in [-0.05, 0) is 56.3 Å². The van der Waals surface area contributed by atoms with Crippen LogP contribution in [0.3, 0.4) is 0 Å². The third-order valence-corrected chi connectivity index (χ3v) is 3.55. The summed E-state index contributed by atoms with van der Waals surface area (Å²) in [5.41, 5.74) is 1.18. The van der Waals surface area contributed by atoms with Crippen LogP contribution in [0.4, 0.5) is 4.39 Å². The number of hydrogen-bond donors (Lipinski definition) is 1. The maximum atomic E-state index is 12.8. The van der Waals surface area contributed by atoms with Gasteiger partial charge in [-0.25, -0.2) is 4.39 Å². The van der Waals surface area contributed by atoms with Gasteiger partial charge >= 0.3 is 0 Å². The topological polar surface area (TPSA) is 21.3 Å². The van der Waals surface area contributed by atoms with E-state index in [4.69, 9.17) is 4.74 Å². The third kappa shape index (κ3) is 4.39. The number of ether oxygens (including phenoxy) is 1. The van der Waals surface area contributed by atoms with Gasteiger partial charge in [-0.2, -0.15) is 0 Å². The fraction of sp³-hybridized carbons (Fsp3) is 0.600. The van der Waals surface area contributed by atoms with Crippen molar-refractivity contribution < 1.29 is 9.13 Å². The Hall–Kier alpha value is -0.930. The van der Waals surface area contributed by atoms with Crippen LogP contribution in [0.2, 0.25) is 0 Å². The average Bonchev–Trinajstić information content (AvgIpc) is 2.40. The molecule has 100 valence electrons. The summed E-state index contributed by atoms with van der Waals surface area (Å²) in [7, 11) is 0. The van der Waals surface area contributed by atoms with Crippen LogP contribution in [0, 0.1) is 11.7 Å².